The van der Waals surface area contributed by atoms with Crippen LogP contribution in [0.15, 0.2) is 33.2 Å². The lowest BCUT2D eigenvalue weighted by Crippen LogP contribution is -2.34. The fourth-order valence-corrected chi connectivity index (χ4v) is 3.30. The average molecular weight is 371 g/mol. The molecule has 1 aliphatic heterocycles. The zero-order valence-electron chi connectivity index (χ0n) is 15.4. The summed E-state index contributed by atoms with van der Waals surface area (Å²) in [5.41, 5.74) is 0.581. The Labute approximate surface area is 156 Å². The average Bonchev–Trinajstić information content (AvgIpc) is 3.32. The molecule has 1 fully saturated rings. The van der Waals surface area contributed by atoms with Crippen molar-refractivity contribution in [3.8, 4) is 11.5 Å². The van der Waals surface area contributed by atoms with Crippen LogP contribution in [0, 0.1) is 5.82 Å². The fourth-order valence-electron chi connectivity index (χ4n) is 3.30. The maximum absolute atomic E-state index is 13.4. The van der Waals surface area contributed by atoms with E-state index in [9.17, 15) is 4.39 Å². The molecule has 0 amide bonds. The summed E-state index contributed by atoms with van der Waals surface area (Å²) < 4.78 is 24.6. The van der Waals surface area contributed by atoms with Crippen molar-refractivity contribution >= 4 is 0 Å². The Morgan fingerprint density at radius 2 is 2.19 bits per heavy atom. The summed E-state index contributed by atoms with van der Waals surface area (Å²) in [6.45, 7) is 6.39. The Hall–Kier alpha value is -2.61. The summed E-state index contributed by atoms with van der Waals surface area (Å²) in [5.74, 6) is 2.44. The van der Waals surface area contributed by atoms with E-state index in [-0.39, 0.29) is 17.7 Å². The number of benzene rings is 1. The second-order valence-corrected chi connectivity index (χ2v) is 7.23. The molecule has 0 radical (unpaired) electrons. The number of hydrogen-bond donors (Lipinski definition) is 0. The number of aromatic nitrogens is 4. The maximum Gasteiger partial charge on any atom is 0.247 e. The lowest BCUT2D eigenvalue weighted by Gasteiger charge is -2.29. The Bertz CT molecular complexity index is 907. The van der Waals surface area contributed by atoms with Crippen LogP contribution >= 0.6 is 0 Å². The van der Waals surface area contributed by atoms with E-state index in [0.29, 0.717) is 29.8 Å². The van der Waals surface area contributed by atoms with Crippen molar-refractivity contribution in [1.82, 2.24) is 25.2 Å². The van der Waals surface area contributed by atoms with Crippen LogP contribution in [0.2, 0.25) is 0 Å². The fraction of sp³-hybridized carbons (Fsp3) is 0.474. The quantitative estimate of drug-likeness (QED) is 0.675. The van der Waals surface area contributed by atoms with Crippen molar-refractivity contribution in [2.45, 2.75) is 45.1 Å². The lowest BCUT2D eigenvalue weighted by molar-refractivity contribution is 0.167. The first-order chi connectivity index (χ1) is 13.1. The molecule has 7 nitrogen and oxygen atoms in total. The zero-order chi connectivity index (χ0) is 18.8. The second kappa shape index (κ2) is 7.56. The van der Waals surface area contributed by atoms with Crippen LogP contribution in [-0.4, -0.2) is 38.3 Å². The maximum atomic E-state index is 13.4. The minimum atomic E-state index is -0.327. The van der Waals surface area contributed by atoms with Gasteiger partial charge in [0.05, 0.1) is 12.5 Å². The summed E-state index contributed by atoms with van der Waals surface area (Å²) in [4.78, 5) is 6.78. The van der Waals surface area contributed by atoms with Gasteiger partial charge in [-0.25, -0.2) is 4.39 Å². The third-order valence-corrected chi connectivity index (χ3v) is 4.73. The van der Waals surface area contributed by atoms with Crippen molar-refractivity contribution in [2.24, 2.45) is 0 Å². The first-order valence-corrected chi connectivity index (χ1v) is 9.22. The molecule has 3 aromatic rings. The second-order valence-electron chi connectivity index (χ2n) is 7.23. The van der Waals surface area contributed by atoms with Gasteiger partial charge in [-0.2, -0.15) is 4.98 Å². The number of halogens is 1. The van der Waals surface area contributed by atoms with Gasteiger partial charge in [0, 0.05) is 18.0 Å². The normalized spacial score (nSPS) is 18.3. The van der Waals surface area contributed by atoms with E-state index in [0.717, 1.165) is 31.8 Å². The summed E-state index contributed by atoms with van der Waals surface area (Å²) in [6, 6.07) is 6.14. The molecule has 0 N–H and O–H groups in total. The highest BCUT2D eigenvalue weighted by molar-refractivity contribution is 5.52. The summed E-state index contributed by atoms with van der Waals surface area (Å²) in [7, 11) is 0. The van der Waals surface area contributed by atoms with Gasteiger partial charge in [-0.05, 0) is 37.6 Å². The third-order valence-electron chi connectivity index (χ3n) is 4.73. The number of likely N-dealkylation sites (tertiary alicyclic amines) is 1. The van der Waals surface area contributed by atoms with E-state index in [1.165, 1.54) is 12.1 Å². The van der Waals surface area contributed by atoms with E-state index in [4.69, 9.17) is 8.94 Å². The number of nitrogens with zero attached hydrogens (tertiary/aromatic N) is 5. The predicted octanol–water partition coefficient (Wildman–Crippen LogP) is 3.76. The number of piperidine rings is 1. The Balaban J connectivity index is 1.42. The summed E-state index contributed by atoms with van der Waals surface area (Å²) in [6.07, 6.45) is 2.06. The first kappa shape index (κ1) is 17.8. The molecule has 2 aromatic heterocycles. The molecule has 4 rings (SSSR count). The summed E-state index contributed by atoms with van der Waals surface area (Å²) in [5, 5.41) is 12.2. The molecule has 8 heteroatoms. The van der Waals surface area contributed by atoms with Gasteiger partial charge in [-0.15, -0.1) is 10.2 Å². The highest BCUT2D eigenvalue weighted by atomic mass is 19.1. The van der Waals surface area contributed by atoms with Crippen LogP contribution in [0.3, 0.4) is 0 Å². The van der Waals surface area contributed by atoms with Gasteiger partial charge in [-0.1, -0.05) is 25.1 Å². The van der Waals surface area contributed by atoms with Crippen LogP contribution in [0.5, 0.6) is 0 Å². The predicted molar refractivity (Wildman–Crippen MR) is 95.3 cm³/mol. The topological polar surface area (TPSA) is 81.1 Å². The molecule has 1 aliphatic rings. The molecule has 1 aromatic carbocycles. The van der Waals surface area contributed by atoms with E-state index < -0.39 is 0 Å². The molecular weight excluding hydrogens is 349 g/mol. The minimum Gasteiger partial charge on any atom is -0.419 e. The van der Waals surface area contributed by atoms with E-state index in [1.807, 2.05) is 13.8 Å². The van der Waals surface area contributed by atoms with E-state index >= 15 is 0 Å². The molecule has 1 atom stereocenters. The van der Waals surface area contributed by atoms with Crippen LogP contribution < -0.4 is 0 Å². The van der Waals surface area contributed by atoms with Gasteiger partial charge in [0.1, 0.15) is 5.82 Å². The van der Waals surface area contributed by atoms with Gasteiger partial charge in [-0.3, -0.25) is 4.90 Å². The number of hydrogen-bond acceptors (Lipinski definition) is 7. The SMILES string of the molecule is CC(C)c1noc(C2CCCN(Cc3nnc(-c4cccc(F)c4)o3)C2)n1. The minimum absolute atomic E-state index is 0.212. The van der Waals surface area contributed by atoms with E-state index in [1.54, 1.807) is 12.1 Å². The van der Waals surface area contributed by atoms with Gasteiger partial charge in [0.15, 0.2) is 5.82 Å². The van der Waals surface area contributed by atoms with Crippen LogP contribution in [0.25, 0.3) is 11.5 Å². The molecule has 27 heavy (non-hydrogen) atoms. The molecule has 1 saturated heterocycles. The monoisotopic (exact) mass is 371 g/mol. The number of rotatable bonds is 5. The van der Waals surface area contributed by atoms with Crippen LogP contribution in [0.1, 0.15) is 56.1 Å². The van der Waals surface area contributed by atoms with Crippen molar-refractivity contribution in [3.63, 3.8) is 0 Å². The first-order valence-electron chi connectivity index (χ1n) is 9.22. The Morgan fingerprint density at radius 1 is 1.30 bits per heavy atom. The highest BCUT2D eigenvalue weighted by Gasteiger charge is 2.27. The Kier molecular flexibility index (Phi) is 4.98. The van der Waals surface area contributed by atoms with Crippen molar-refractivity contribution in [2.75, 3.05) is 13.1 Å². The Morgan fingerprint density at radius 3 is 2.96 bits per heavy atom. The van der Waals surface area contributed by atoms with Crippen molar-refractivity contribution in [1.29, 1.82) is 0 Å². The molecular formula is C19H22FN5O2. The largest absolute Gasteiger partial charge is 0.419 e. The van der Waals surface area contributed by atoms with E-state index in [2.05, 4.69) is 25.2 Å². The molecule has 0 aliphatic carbocycles. The van der Waals surface area contributed by atoms with Crippen molar-refractivity contribution < 1.29 is 13.3 Å². The van der Waals surface area contributed by atoms with Gasteiger partial charge >= 0.3 is 0 Å². The van der Waals surface area contributed by atoms with Gasteiger partial charge in [0.25, 0.3) is 0 Å². The molecule has 142 valence electrons. The zero-order valence-corrected chi connectivity index (χ0v) is 15.4. The standard InChI is InChI=1S/C19H22FN5O2/c1-12(2)17-21-18(27-24-17)14-6-4-8-25(10-14)11-16-22-23-19(26-16)13-5-3-7-15(20)9-13/h3,5,7,9,12,14H,4,6,8,10-11H2,1-2H3. The lowest BCUT2D eigenvalue weighted by atomic mass is 9.98. The molecule has 0 bridgehead atoms. The van der Waals surface area contributed by atoms with Gasteiger partial charge in [0.2, 0.25) is 17.7 Å². The molecule has 0 saturated carbocycles. The molecule has 1 unspecified atom stereocenters. The molecule has 3 heterocycles. The third kappa shape index (κ3) is 4.05. The smallest absolute Gasteiger partial charge is 0.247 e. The summed E-state index contributed by atoms with van der Waals surface area (Å²) >= 11 is 0. The highest BCUT2D eigenvalue weighted by Crippen LogP contribution is 2.28. The van der Waals surface area contributed by atoms with Gasteiger partial charge < -0.3 is 8.94 Å². The van der Waals surface area contributed by atoms with Crippen molar-refractivity contribution in [3.05, 3.63) is 47.7 Å². The molecule has 0 spiro atoms. The van der Waals surface area contributed by atoms with Crippen LogP contribution in [-0.2, 0) is 6.54 Å². The van der Waals surface area contributed by atoms with Crippen LogP contribution in [0.4, 0.5) is 4.39 Å².